The molecule has 1 aromatic heterocycles. The van der Waals surface area contributed by atoms with Crippen LogP contribution < -0.4 is 10.5 Å². The standard InChI is InChI=1S/C20H16N4O3/c21-12-13-1-5-16(6-2-13)27-17-7-3-14(4-8-17)20-23-15(9-10-25)11-18(24-20)19(22)26/h1-8,11,25H,9-10H2,(H2,22,26). The van der Waals surface area contributed by atoms with Gasteiger partial charge in [0.15, 0.2) is 5.82 Å². The summed E-state index contributed by atoms with van der Waals surface area (Å²) in [6.45, 7) is -0.0912. The molecule has 0 unspecified atom stereocenters. The minimum Gasteiger partial charge on any atom is -0.457 e. The van der Waals surface area contributed by atoms with E-state index >= 15 is 0 Å². The van der Waals surface area contributed by atoms with Gasteiger partial charge in [0.1, 0.15) is 17.2 Å². The van der Waals surface area contributed by atoms with Crippen LogP contribution in [0.25, 0.3) is 11.4 Å². The summed E-state index contributed by atoms with van der Waals surface area (Å²) in [4.78, 5) is 20.0. The number of benzene rings is 2. The molecule has 0 bridgehead atoms. The molecule has 0 spiro atoms. The van der Waals surface area contributed by atoms with E-state index in [0.717, 1.165) is 0 Å². The molecule has 7 heteroatoms. The first-order chi connectivity index (χ1) is 13.1. The van der Waals surface area contributed by atoms with E-state index in [-0.39, 0.29) is 12.3 Å². The van der Waals surface area contributed by atoms with Gasteiger partial charge < -0.3 is 15.6 Å². The van der Waals surface area contributed by atoms with E-state index in [9.17, 15) is 4.79 Å². The summed E-state index contributed by atoms with van der Waals surface area (Å²) in [5, 5.41) is 17.9. The molecule has 0 aliphatic heterocycles. The molecule has 3 N–H and O–H groups in total. The van der Waals surface area contributed by atoms with E-state index in [4.69, 9.17) is 20.8 Å². The monoisotopic (exact) mass is 360 g/mol. The van der Waals surface area contributed by atoms with E-state index in [2.05, 4.69) is 16.0 Å². The van der Waals surface area contributed by atoms with Crippen LogP contribution in [0.15, 0.2) is 54.6 Å². The molecule has 0 atom stereocenters. The van der Waals surface area contributed by atoms with Crippen LogP contribution in [0.1, 0.15) is 21.7 Å². The van der Waals surface area contributed by atoms with Crippen molar-refractivity contribution in [1.29, 1.82) is 5.26 Å². The Labute approximate surface area is 155 Å². The smallest absolute Gasteiger partial charge is 0.267 e. The second-order valence-electron chi connectivity index (χ2n) is 5.67. The minimum atomic E-state index is -0.654. The van der Waals surface area contributed by atoms with E-state index in [1.165, 1.54) is 6.07 Å². The molecule has 134 valence electrons. The first-order valence-corrected chi connectivity index (χ1v) is 8.16. The van der Waals surface area contributed by atoms with Gasteiger partial charge in [-0.15, -0.1) is 0 Å². The Bertz CT molecular complexity index is 993. The Hall–Kier alpha value is -3.76. The molecule has 3 rings (SSSR count). The van der Waals surface area contributed by atoms with Crippen LogP contribution in [-0.2, 0) is 6.42 Å². The maximum absolute atomic E-state index is 11.5. The molecule has 27 heavy (non-hydrogen) atoms. The lowest BCUT2D eigenvalue weighted by atomic mass is 10.1. The van der Waals surface area contributed by atoms with Crippen LogP contribution in [0.4, 0.5) is 0 Å². The average molecular weight is 360 g/mol. The second-order valence-corrected chi connectivity index (χ2v) is 5.67. The third-order valence-electron chi connectivity index (χ3n) is 3.73. The first kappa shape index (κ1) is 18.0. The van der Waals surface area contributed by atoms with Gasteiger partial charge in [-0.05, 0) is 54.6 Å². The predicted molar refractivity (Wildman–Crippen MR) is 98.0 cm³/mol. The molecule has 0 saturated carbocycles. The summed E-state index contributed by atoms with van der Waals surface area (Å²) < 4.78 is 5.74. The summed E-state index contributed by atoms with van der Waals surface area (Å²) in [6.07, 6.45) is 0.301. The number of aliphatic hydroxyl groups is 1. The SMILES string of the molecule is N#Cc1ccc(Oc2ccc(-c3nc(CCO)cc(C(N)=O)n3)cc2)cc1. The van der Waals surface area contributed by atoms with Crippen molar-refractivity contribution in [2.45, 2.75) is 6.42 Å². The van der Waals surface area contributed by atoms with Crippen molar-refractivity contribution in [1.82, 2.24) is 9.97 Å². The summed E-state index contributed by atoms with van der Waals surface area (Å²) >= 11 is 0. The van der Waals surface area contributed by atoms with E-state index in [1.54, 1.807) is 48.5 Å². The second kappa shape index (κ2) is 8.08. The normalized spacial score (nSPS) is 10.2. The van der Waals surface area contributed by atoms with E-state index < -0.39 is 5.91 Å². The Kier molecular flexibility index (Phi) is 5.40. The summed E-state index contributed by atoms with van der Waals surface area (Å²) in [6, 6.07) is 17.3. The number of hydrogen-bond donors (Lipinski definition) is 2. The number of aromatic nitrogens is 2. The fraction of sp³-hybridized carbons (Fsp3) is 0.100. The highest BCUT2D eigenvalue weighted by Crippen LogP contribution is 2.25. The molecule has 2 aromatic carbocycles. The van der Waals surface area contributed by atoms with Crippen molar-refractivity contribution < 1.29 is 14.6 Å². The molecular weight excluding hydrogens is 344 g/mol. The fourth-order valence-corrected chi connectivity index (χ4v) is 2.40. The van der Waals surface area contributed by atoms with Crippen molar-refractivity contribution in [3.8, 4) is 29.0 Å². The number of nitrogens with two attached hydrogens (primary N) is 1. The number of rotatable bonds is 6. The predicted octanol–water partition coefficient (Wildman–Crippen LogP) is 2.44. The van der Waals surface area contributed by atoms with Crippen molar-refractivity contribution in [3.63, 3.8) is 0 Å². The van der Waals surface area contributed by atoms with Crippen molar-refractivity contribution in [2.24, 2.45) is 5.73 Å². The third kappa shape index (κ3) is 4.45. The van der Waals surface area contributed by atoms with Gasteiger partial charge in [0.05, 0.1) is 11.6 Å². The number of ether oxygens (including phenoxy) is 1. The van der Waals surface area contributed by atoms with Crippen molar-refractivity contribution in [3.05, 3.63) is 71.5 Å². The molecular formula is C20H16N4O3. The molecule has 7 nitrogen and oxygen atoms in total. The Morgan fingerprint density at radius 1 is 1.07 bits per heavy atom. The van der Waals surface area contributed by atoms with Gasteiger partial charge in [-0.25, -0.2) is 9.97 Å². The topological polar surface area (TPSA) is 122 Å². The van der Waals surface area contributed by atoms with Crippen LogP contribution >= 0.6 is 0 Å². The zero-order valence-electron chi connectivity index (χ0n) is 14.3. The highest BCUT2D eigenvalue weighted by Gasteiger charge is 2.11. The number of aliphatic hydroxyl groups excluding tert-OH is 1. The van der Waals surface area contributed by atoms with E-state index in [0.29, 0.717) is 40.6 Å². The van der Waals surface area contributed by atoms with Gasteiger partial charge in [0, 0.05) is 24.3 Å². The molecule has 0 fully saturated rings. The number of primary amides is 1. The quantitative estimate of drug-likeness (QED) is 0.696. The van der Waals surface area contributed by atoms with Gasteiger partial charge in [0.2, 0.25) is 0 Å². The molecule has 0 aliphatic carbocycles. The summed E-state index contributed by atoms with van der Waals surface area (Å²) in [5.41, 5.74) is 7.20. The van der Waals surface area contributed by atoms with Gasteiger partial charge in [-0.2, -0.15) is 5.26 Å². The van der Waals surface area contributed by atoms with Crippen molar-refractivity contribution in [2.75, 3.05) is 6.61 Å². The number of carbonyl (C=O) groups is 1. The van der Waals surface area contributed by atoms with Gasteiger partial charge >= 0.3 is 0 Å². The van der Waals surface area contributed by atoms with Gasteiger partial charge in [0.25, 0.3) is 5.91 Å². The number of carbonyl (C=O) groups excluding carboxylic acids is 1. The third-order valence-corrected chi connectivity index (χ3v) is 3.73. The fourth-order valence-electron chi connectivity index (χ4n) is 2.40. The zero-order chi connectivity index (χ0) is 19.2. The summed E-state index contributed by atoms with van der Waals surface area (Å²) in [5.74, 6) is 0.905. The number of amides is 1. The first-order valence-electron chi connectivity index (χ1n) is 8.16. The Balaban J connectivity index is 1.84. The number of hydrogen-bond acceptors (Lipinski definition) is 6. The zero-order valence-corrected chi connectivity index (χ0v) is 14.3. The number of nitriles is 1. The van der Waals surface area contributed by atoms with Crippen LogP contribution in [0.5, 0.6) is 11.5 Å². The molecule has 0 aliphatic rings. The van der Waals surface area contributed by atoms with Crippen LogP contribution in [-0.4, -0.2) is 27.6 Å². The molecule has 0 saturated heterocycles. The van der Waals surface area contributed by atoms with Crippen LogP contribution in [0.2, 0.25) is 0 Å². The maximum atomic E-state index is 11.5. The molecule has 0 radical (unpaired) electrons. The van der Waals surface area contributed by atoms with Gasteiger partial charge in [-0.1, -0.05) is 0 Å². The minimum absolute atomic E-state index is 0.0912. The lowest BCUT2D eigenvalue weighted by molar-refractivity contribution is 0.0995. The van der Waals surface area contributed by atoms with Crippen LogP contribution in [0, 0.1) is 11.3 Å². The molecule has 1 heterocycles. The lowest BCUT2D eigenvalue weighted by Gasteiger charge is -2.08. The molecule has 1 amide bonds. The lowest BCUT2D eigenvalue weighted by Crippen LogP contribution is -2.15. The summed E-state index contributed by atoms with van der Waals surface area (Å²) in [7, 11) is 0. The Morgan fingerprint density at radius 2 is 1.70 bits per heavy atom. The highest BCUT2D eigenvalue weighted by molar-refractivity contribution is 5.91. The Morgan fingerprint density at radius 3 is 2.26 bits per heavy atom. The van der Waals surface area contributed by atoms with Gasteiger partial charge in [-0.3, -0.25) is 4.79 Å². The maximum Gasteiger partial charge on any atom is 0.267 e. The average Bonchev–Trinajstić information content (AvgIpc) is 2.69. The molecule has 3 aromatic rings. The highest BCUT2D eigenvalue weighted by atomic mass is 16.5. The number of nitrogens with zero attached hydrogens (tertiary/aromatic N) is 3. The largest absolute Gasteiger partial charge is 0.457 e. The van der Waals surface area contributed by atoms with E-state index in [1.807, 2.05) is 0 Å². The van der Waals surface area contributed by atoms with Crippen LogP contribution in [0.3, 0.4) is 0 Å². The van der Waals surface area contributed by atoms with Crippen molar-refractivity contribution >= 4 is 5.91 Å².